The summed E-state index contributed by atoms with van der Waals surface area (Å²) in [6.45, 7) is 0. The highest BCUT2D eigenvalue weighted by Crippen LogP contribution is 2.31. The first kappa shape index (κ1) is 9.86. The lowest BCUT2D eigenvalue weighted by molar-refractivity contribution is 0.716. The van der Waals surface area contributed by atoms with Crippen LogP contribution < -0.4 is 4.48 Å². The molecule has 4 nitrogen and oxygen atoms in total. The molecule has 0 saturated carbocycles. The van der Waals surface area contributed by atoms with E-state index in [9.17, 15) is 0 Å². The van der Waals surface area contributed by atoms with Crippen LogP contribution in [0.2, 0.25) is 0 Å². The lowest BCUT2D eigenvalue weighted by Gasteiger charge is -2.23. The molecule has 17 heavy (non-hydrogen) atoms. The molecular formula is C13H11N4+. The molecule has 0 unspecified atom stereocenters. The molecule has 1 aliphatic rings. The standard InChI is InChI=1S/C13H11N4/c1-3-7-15-12(5-1)17(10-9-14-11-17)13-6-2-4-8-16-13/h1-11H/q+1. The summed E-state index contributed by atoms with van der Waals surface area (Å²) in [4.78, 5) is 13.0. The largest absolute Gasteiger partial charge is 0.244 e. The number of pyridine rings is 2. The van der Waals surface area contributed by atoms with Crippen LogP contribution in [0.3, 0.4) is 0 Å². The van der Waals surface area contributed by atoms with Gasteiger partial charge in [0, 0.05) is 24.5 Å². The zero-order valence-corrected chi connectivity index (χ0v) is 9.14. The van der Waals surface area contributed by atoms with Crippen LogP contribution in [0.4, 0.5) is 11.6 Å². The lowest BCUT2D eigenvalue weighted by atomic mass is 10.3. The van der Waals surface area contributed by atoms with Gasteiger partial charge in [0.2, 0.25) is 18.0 Å². The Hall–Kier alpha value is -2.33. The molecule has 4 heteroatoms. The van der Waals surface area contributed by atoms with Gasteiger partial charge in [-0.2, -0.15) is 4.48 Å². The van der Waals surface area contributed by atoms with Crippen molar-refractivity contribution in [2.45, 2.75) is 0 Å². The lowest BCUT2D eigenvalue weighted by Crippen LogP contribution is -2.36. The predicted octanol–water partition coefficient (Wildman–Crippen LogP) is 2.63. The van der Waals surface area contributed by atoms with E-state index in [1.165, 1.54) is 0 Å². The quantitative estimate of drug-likeness (QED) is 0.734. The third-order valence-corrected chi connectivity index (χ3v) is 2.69. The molecule has 0 fully saturated rings. The Morgan fingerprint density at radius 1 is 0.824 bits per heavy atom. The minimum Gasteiger partial charge on any atom is -0.205 e. The third-order valence-electron chi connectivity index (χ3n) is 2.69. The van der Waals surface area contributed by atoms with Crippen molar-refractivity contribution in [3.63, 3.8) is 0 Å². The molecule has 0 radical (unpaired) electrons. The molecule has 0 aromatic carbocycles. The molecule has 82 valence electrons. The van der Waals surface area contributed by atoms with Crippen molar-refractivity contribution in [2.75, 3.05) is 0 Å². The first-order chi connectivity index (χ1) is 8.42. The minimum absolute atomic E-state index is 0.335. The highest BCUT2D eigenvalue weighted by molar-refractivity contribution is 5.84. The smallest absolute Gasteiger partial charge is 0.205 e. The Bertz CT molecular complexity index is 507. The van der Waals surface area contributed by atoms with Crippen molar-refractivity contribution in [1.29, 1.82) is 0 Å². The maximum Gasteiger partial charge on any atom is 0.244 e. The van der Waals surface area contributed by atoms with Crippen LogP contribution >= 0.6 is 0 Å². The maximum absolute atomic E-state index is 4.40. The van der Waals surface area contributed by atoms with Gasteiger partial charge in [-0.1, -0.05) is 12.1 Å². The van der Waals surface area contributed by atoms with Gasteiger partial charge in [-0.15, -0.1) is 0 Å². The summed E-state index contributed by atoms with van der Waals surface area (Å²) in [5.74, 6) is 1.76. The summed E-state index contributed by atoms with van der Waals surface area (Å²) < 4.78 is 0.335. The minimum atomic E-state index is 0.335. The second kappa shape index (κ2) is 3.92. The second-order valence-electron chi connectivity index (χ2n) is 3.72. The van der Waals surface area contributed by atoms with E-state index in [0.717, 1.165) is 11.6 Å². The molecule has 2 aromatic rings. The Kier molecular flexibility index (Phi) is 2.27. The fraction of sp³-hybridized carbons (Fsp3) is 0. The van der Waals surface area contributed by atoms with Crippen LogP contribution in [-0.2, 0) is 0 Å². The second-order valence-corrected chi connectivity index (χ2v) is 3.72. The first-order valence-corrected chi connectivity index (χ1v) is 5.35. The Labute approximate surface area is 99.2 Å². The molecular weight excluding hydrogens is 212 g/mol. The van der Waals surface area contributed by atoms with Crippen molar-refractivity contribution in [3.8, 4) is 0 Å². The van der Waals surface area contributed by atoms with E-state index in [4.69, 9.17) is 0 Å². The van der Waals surface area contributed by atoms with Gasteiger partial charge in [0.15, 0.2) is 0 Å². The number of aromatic nitrogens is 2. The van der Waals surface area contributed by atoms with Gasteiger partial charge in [0.1, 0.15) is 6.20 Å². The van der Waals surface area contributed by atoms with Gasteiger partial charge in [0.05, 0.1) is 6.20 Å². The van der Waals surface area contributed by atoms with Gasteiger partial charge in [-0.25, -0.2) is 15.0 Å². The highest BCUT2D eigenvalue weighted by atomic mass is 15.4. The average Bonchev–Trinajstić information content (AvgIpc) is 2.91. The zero-order chi connectivity index (χ0) is 11.6. The molecule has 0 aliphatic carbocycles. The molecule has 3 rings (SSSR count). The van der Waals surface area contributed by atoms with Gasteiger partial charge in [-0.3, -0.25) is 0 Å². The molecule has 0 atom stereocenters. The van der Waals surface area contributed by atoms with E-state index in [-0.39, 0.29) is 0 Å². The number of aliphatic imine (C=N–C) groups is 1. The van der Waals surface area contributed by atoms with Crippen LogP contribution in [-0.4, -0.2) is 16.3 Å². The number of quaternary nitrogens is 1. The van der Waals surface area contributed by atoms with Gasteiger partial charge < -0.3 is 0 Å². The fourth-order valence-electron chi connectivity index (χ4n) is 1.86. The number of hydrogen-bond acceptors (Lipinski definition) is 3. The molecule has 0 bridgehead atoms. The van der Waals surface area contributed by atoms with Crippen molar-refractivity contribution in [1.82, 2.24) is 14.5 Å². The number of rotatable bonds is 2. The Morgan fingerprint density at radius 3 is 1.88 bits per heavy atom. The van der Waals surface area contributed by atoms with Gasteiger partial charge in [-0.05, 0) is 12.1 Å². The monoisotopic (exact) mass is 223 g/mol. The van der Waals surface area contributed by atoms with E-state index in [1.807, 2.05) is 48.9 Å². The van der Waals surface area contributed by atoms with E-state index in [0.29, 0.717) is 4.48 Å². The summed E-state index contributed by atoms with van der Waals surface area (Å²) in [6, 6.07) is 11.7. The SMILES string of the molecule is C1=C[N+](c2ccccn2)(c2ccccn2)C=N1. The average molecular weight is 223 g/mol. The number of nitrogens with zero attached hydrogens (tertiary/aromatic N) is 4. The van der Waals surface area contributed by atoms with Crippen LogP contribution in [0.15, 0.2) is 66.2 Å². The first-order valence-electron chi connectivity index (χ1n) is 5.35. The molecule has 0 saturated heterocycles. The fourth-order valence-corrected chi connectivity index (χ4v) is 1.86. The van der Waals surface area contributed by atoms with Crippen LogP contribution in [0.5, 0.6) is 0 Å². The van der Waals surface area contributed by atoms with Crippen LogP contribution in [0, 0.1) is 0 Å². The summed E-state index contributed by atoms with van der Waals surface area (Å²) in [5, 5.41) is 0. The molecule has 0 spiro atoms. The zero-order valence-electron chi connectivity index (χ0n) is 9.14. The molecule has 1 aliphatic heterocycles. The molecule has 0 amide bonds. The van der Waals surface area contributed by atoms with Crippen molar-refractivity contribution < 1.29 is 0 Å². The summed E-state index contributed by atoms with van der Waals surface area (Å²) in [5.41, 5.74) is 0. The van der Waals surface area contributed by atoms with E-state index >= 15 is 0 Å². The van der Waals surface area contributed by atoms with Crippen LogP contribution in [0.1, 0.15) is 0 Å². The van der Waals surface area contributed by atoms with Crippen molar-refractivity contribution in [3.05, 3.63) is 61.2 Å². The number of hydrogen-bond donors (Lipinski definition) is 0. The third kappa shape index (κ3) is 1.55. The van der Waals surface area contributed by atoms with E-state index in [2.05, 4.69) is 15.0 Å². The van der Waals surface area contributed by atoms with Crippen molar-refractivity contribution in [2.24, 2.45) is 4.99 Å². The Balaban J connectivity index is 2.19. The summed E-state index contributed by atoms with van der Waals surface area (Å²) in [6.07, 6.45) is 9.11. The maximum atomic E-state index is 4.40. The Morgan fingerprint density at radius 2 is 1.47 bits per heavy atom. The highest BCUT2D eigenvalue weighted by Gasteiger charge is 2.34. The molecule has 2 aromatic heterocycles. The summed E-state index contributed by atoms with van der Waals surface area (Å²) >= 11 is 0. The van der Waals surface area contributed by atoms with Crippen molar-refractivity contribution >= 4 is 18.0 Å². The van der Waals surface area contributed by atoms with Gasteiger partial charge in [0.25, 0.3) is 0 Å². The van der Waals surface area contributed by atoms with Crippen LogP contribution in [0.25, 0.3) is 0 Å². The van der Waals surface area contributed by atoms with E-state index in [1.54, 1.807) is 18.6 Å². The van der Waals surface area contributed by atoms with Gasteiger partial charge >= 0.3 is 0 Å². The predicted molar refractivity (Wildman–Crippen MR) is 67.6 cm³/mol. The van der Waals surface area contributed by atoms with E-state index < -0.39 is 0 Å². The molecule has 3 heterocycles. The molecule has 0 N–H and O–H groups in total. The normalized spacial score (nSPS) is 16.2. The topological polar surface area (TPSA) is 38.1 Å². The summed E-state index contributed by atoms with van der Waals surface area (Å²) in [7, 11) is 0.